The highest BCUT2D eigenvalue weighted by atomic mass is 35.5. The van der Waals surface area contributed by atoms with Gasteiger partial charge in [0.1, 0.15) is 0 Å². The van der Waals surface area contributed by atoms with Gasteiger partial charge in [-0.25, -0.2) is 4.79 Å². The molecule has 0 fully saturated rings. The minimum absolute atomic E-state index is 0.262. The van der Waals surface area contributed by atoms with Gasteiger partial charge in [-0.1, -0.05) is 11.6 Å². The Morgan fingerprint density at radius 2 is 2.20 bits per heavy atom. The molecule has 1 rings (SSSR count). The monoisotopic (exact) mass is 226 g/mol. The molecule has 1 aromatic rings. The molecular weight excluding hydrogens is 216 g/mol. The molecule has 0 bridgehead atoms. The SMILES string of the molecule is CCOC(=O)c1c(C)cc(Cl)cc1C=O. The fraction of sp³-hybridized carbons (Fsp3) is 0.273. The molecule has 1 aromatic carbocycles. The van der Waals surface area contributed by atoms with Gasteiger partial charge in [-0.3, -0.25) is 4.79 Å². The van der Waals surface area contributed by atoms with E-state index in [4.69, 9.17) is 16.3 Å². The number of hydrogen-bond donors (Lipinski definition) is 0. The van der Waals surface area contributed by atoms with Crippen molar-refractivity contribution in [3.05, 3.63) is 33.8 Å². The van der Waals surface area contributed by atoms with Crippen molar-refractivity contribution in [3.8, 4) is 0 Å². The predicted molar refractivity (Wildman–Crippen MR) is 57.5 cm³/mol. The maximum Gasteiger partial charge on any atom is 0.339 e. The molecule has 0 amide bonds. The normalized spacial score (nSPS) is 9.80. The number of benzene rings is 1. The van der Waals surface area contributed by atoms with Crippen molar-refractivity contribution in [3.63, 3.8) is 0 Å². The lowest BCUT2D eigenvalue weighted by Crippen LogP contribution is -2.10. The molecule has 0 aliphatic heterocycles. The number of ether oxygens (including phenoxy) is 1. The van der Waals surface area contributed by atoms with Gasteiger partial charge in [-0.15, -0.1) is 0 Å². The molecule has 0 saturated carbocycles. The van der Waals surface area contributed by atoms with Crippen LogP contribution >= 0.6 is 11.6 Å². The largest absolute Gasteiger partial charge is 0.462 e. The molecule has 0 aliphatic carbocycles. The lowest BCUT2D eigenvalue weighted by Gasteiger charge is -2.08. The Hall–Kier alpha value is -1.35. The van der Waals surface area contributed by atoms with Gasteiger partial charge in [0, 0.05) is 10.6 Å². The van der Waals surface area contributed by atoms with Crippen LogP contribution in [0.15, 0.2) is 12.1 Å². The number of rotatable bonds is 3. The van der Waals surface area contributed by atoms with E-state index < -0.39 is 5.97 Å². The van der Waals surface area contributed by atoms with Gasteiger partial charge >= 0.3 is 5.97 Å². The predicted octanol–water partition coefficient (Wildman–Crippen LogP) is 2.64. The number of hydrogen-bond acceptors (Lipinski definition) is 3. The molecule has 4 heteroatoms. The minimum atomic E-state index is -0.492. The lowest BCUT2D eigenvalue weighted by molar-refractivity contribution is 0.0523. The quantitative estimate of drug-likeness (QED) is 0.588. The average molecular weight is 227 g/mol. The molecule has 0 unspecified atom stereocenters. The Morgan fingerprint density at radius 1 is 1.53 bits per heavy atom. The van der Waals surface area contributed by atoms with E-state index in [1.807, 2.05) is 0 Å². The molecule has 80 valence electrons. The van der Waals surface area contributed by atoms with Gasteiger partial charge < -0.3 is 4.74 Å². The number of esters is 1. The van der Waals surface area contributed by atoms with Crippen molar-refractivity contribution in [2.75, 3.05) is 6.61 Å². The van der Waals surface area contributed by atoms with E-state index in [-0.39, 0.29) is 17.7 Å². The number of halogens is 1. The number of aldehydes is 1. The van der Waals surface area contributed by atoms with Crippen LogP contribution in [0, 0.1) is 6.92 Å². The van der Waals surface area contributed by atoms with Crippen LogP contribution in [-0.2, 0) is 4.74 Å². The fourth-order valence-corrected chi connectivity index (χ4v) is 1.63. The van der Waals surface area contributed by atoms with E-state index in [0.29, 0.717) is 16.9 Å². The third-order valence-corrected chi connectivity index (χ3v) is 2.16. The molecule has 0 spiro atoms. The molecular formula is C11H11ClO3. The van der Waals surface area contributed by atoms with Crippen molar-refractivity contribution in [1.29, 1.82) is 0 Å². The van der Waals surface area contributed by atoms with E-state index in [2.05, 4.69) is 0 Å². The highest BCUT2D eigenvalue weighted by Gasteiger charge is 2.15. The van der Waals surface area contributed by atoms with E-state index >= 15 is 0 Å². The first-order valence-corrected chi connectivity index (χ1v) is 4.90. The third kappa shape index (κ3) is 2.57. The van der Waals surface area contributed by atoms with E-state index in [1.54, 1.807) is 19.9 Å². The second-order valence-corrected chi connectivity index (χ2v) is 3.46. The van der Waals surface area contributed by atoms with Crippen LogP contribution in [-0.4, -0.2) is 18.9 Å². The maximum atomic E-state index is 11.5. The lowest BCUT2D eigenvalue weighted by atomic mass is 10.0. The molecule has 15 heavy (non-hydrogen) atoms. The fourth-order valence-electron chi connectivity index (χ4n) is 1.34. The Kier molecular flexibility index (Phi) is 3.86. The number of carbonyl (C=O) groups is 2. The first-order chi connectivity index (χ1) is 7.10. The summed E-state index contributed by atoms with van der Waals surface area (Å²) >= 11 is 5.77. The zero-order chi connectivity index (χ0) is 11.4. The highest BCUT2D eigenvalue weighted by Crippen LogP contribution is 2.20. The van der Waals surface area contributed by atoms with Gasteiger partial charge in [-0.2, -0.15) is 0 Å². The Bertz CT molecular complexity index is 399. The van der Waals surface area contributed by atoms with Crippen LogP contribution in [0.1, 0.15) is 33.2 Å². The number of carbonyl (C=O) groups excluding carboxylic acids is 2. The first kappa shape index (κ1) is 11.7. The molecule has 0 aromatic heterocycles. The summed E-state index contributed by atoms with van der Waals surface area (Å²) in [4.78, 5) is 22.3. The second kappa shape index (κ2) is 4.94. The zero-order valence-corrected chi connectivity index (χ0v) is 9.30. The summed E-state index contributed by atoms with van der Waals surface area (Å²) in [6.07, 6.45) is 0.602. The summed E-state index contributed by atoms with van der Waals surface area (Å²) in [5.41, 5.74) is 1.19. The average Bonchev–Trinajstić information content (AvgIpc) is 2.16. The van der Waals surface area contributed by atoms with Crippen molar-refractivity contribution in [2.45, 2.75) is 13.8 Å². The molecule has 0 aliphatic rings. The van der Waals surface area contributed by atoms with E-state index in [1.165, 1.54) is 6.07 Å². The molecule has 0 heterocycles. The van der Waals surface area contributed by atoms with Crippen LogP contribution in [0.2, 0.25) is 5.02 Å². The summed E-state index contributed by atoms with van der Waals surface area (Å²) in [6.45, 7) is 3.70. The highest BCUT2D eigenvalue weighted by molar-refractivity contribution is 6.31. The summed E-state index contributed by atoms with van der Waals surface area (Å²) < 4.78 is 4.85. The Labute approximate surface area is 93.0 Å². The standard InChI is InChI=1S/C11H11ClO3/c1-3-15-11(14)10-7(2)4-9(12)5-8(10)6-13/h4-6H,3H2,1-2H3. The molecule has 3 nitrogen and oxygen atoms in total. The van der Waals surface area contributed by atoms with Gasteiger partial charge in [0.25, 0.3) is 0 Å². The van der Waals surface area contributed by atoms with Gasteiger partial charge in [0.2, 0.25) is 0 Å². The van der Waals surface area contributed by atoms with Crippen LogP contribution < -0.4 is 0 Å². The molecule has 0 N–H and O–H groups in total. The van der Waals surface area contributed by atoms with Crippen LogP contribution in [0.3, 0.4) is 0 Å². The smallest absolute Gasteiger partial charge is 0.339 e. The second-order valence-electron chi connectivity index (χ2n) is 3.03. The maximum absolute atomic E-state index is 11.5. The van der Waals surface area contributed by atoms with Crippen LogP contribution in [0.5, 0.6) is 0 Å². The van der Waals surface area contributed by atoms with Gasteiger partial charge in [-0.05, 0) is 31.5 Å². The summed E-state index contributed by atoms with van der Waals surface area (Å²) in [7, 11) is 0. The first-order valence-electron chi connectivity index (χ1n) is 4.52. The van der Waals surface area contributed by atoms with Crippen LogP contribution in [0.4, 0.5) is 0 Å². The zero-order valence-electron chi connectivity index (χ0n) is 8.54. The summed E-state index contributed by atoms with van der Waals surface area (Å²) in [6, 6.07) is 3.08. The number of aryl methyl sites for hydroxylation is 1. The van der Waals surface area contributed by atoms with E-state index in [9.17, 15) is 9.59 Å². The Morgan fingerprint density at radius 3 is 2.73 bits per heavy atom. The van der Waals surface area contributed by atoms with Crippen molar-refractivity contribution < 1.29 is 14.3 Å². The van der Waals surface area contributed by atoms with Gasteiger partial charge in [0.05, 0.1) is 12.2 Å². The topological polar surface area (TPSA) is 43.4 Å². The third-order valence-electron chi connectivity index (χ3n) is 1.94. The van der Waals surface area contributed by atoms with E-state index in [0.717, 1.165) is 0 Å². The summed E-state index contributed by atoms with van der Waals surface area (Å²) in [5.74, 6) is -0.492. The molecule has 0 atom stereocenters. The van der Waals surface area contributed by atoms with Gasteiger partial charge in [0.15, 0.2) is 6.29 Å². The minimum Gasteiger partial charge on any atom is -0.462 e. The van der Waals surface area contributed by atoms with Crippen LogP contribution in [0.25, 0.3) is 0 Å². The Balaban J connectivity index is 3.26. The molecule has 0 radical (unpaired) electrons. The molecule has 0 saturated heterocycles. The van der Waals surface area contributed by atoms with Crippen molar-refractivity contribution in [2.24, 2.45) is 0 Å². The van der Waals surface area contributed by atoms with Crippen molar-refractivity contribution in [1.82, 2.24) is 0 Å². The summed E-state index contributed by atoms with van der Waals surface area (Å²) in [5, 5.41) is 0.433. The van der Waals surface area contributed by atoms with Crippen molar-refractivity contribution >= 4 is 23.9 Å².